The molecule has 1 aliphatic rings. The SMILES string of the molecule is CCCCCc1nc2c(n1Cc1ccc(-c3ccccc3-c3nn[nH]n3)cc1)C(=O)CCC2. The number of rotatable bonds is 8. The monoisotopic (exact) mass is 440 g/mol. The summed E-state index contributed by atoms with van der Waals surface area (Å²) in [6.07, 6.45) is 6.81. The molecule has 0 saturated heterocycles. The fourth-order valence-electron chi connectivity index (χ4n) is 4.65. The molecule has 168 valence electrons. The van der Waals surface area contributed by atoms with Crippen molar-refractivity contribution in [3.8, 4) is 22.5 Å². The second-order valence-electron chi connectivity index (χ2n) is 8.62. The number of nitrogens with zero attached hydrogens (tertiary/aromatic N) is 5. The fourth-order valence-corrected chi connectivity index (χ4v) is 4.65. The average molecular weight is 441 g/mol. The molecule has 5 rings (SSSR count). The molecule has 0 bridgehead atoms. The van der Waals surface area contributed by atoms with Crippen LogP contribution in [0.4, 0.5) is 0 Å². The number of H-pyrrole nitrogens is 1. The van der Waals surface area contributed by atoms with Crippen LogP contribution in [0, 0.1) is 0 Å². The maximum Gasteiger partial charge on any atom is 0.205 e. The standard InChI is InChI=1S/C26H28N6O/c1-2-3-4-12-24-27-22-10-7-11-23(33)25(22)32(24)17-18-13-15-19(16-14-18)20-8-5-6-9-21(20)26-28-30-31-29-26/h5-6,8-9,13-16H,2-4,7,10-12,17H2,1H3,(H,28,29,30,31). The molecule has 4 aromatic rings. The third kappa shape index (κ3) is 4.35. The third-order valence-corrected chi connectivity index (χ3v) is 6.32. The van der Waals surface area contributed by atoms with Gasteiger partial charge in [-0.1, -0.05) is 68.3 Å². The largest absolute Gasteiger partial charge is 0.321 e. The van der Waals surface area contributed by atoms with E-state index in [2.05, 4.69) is 62.4 Å². The summed E-state index contributed by atoms with van der Waals surface area (Å²) in [6, 6.07) is 16.6. The summed E-state index contributed by atoms with van der Waals surface area (Å²) >= 11 is 0. The van der Waals surface area contributed by atoms with E-state index in [9.17, 15) is 4.79 Å². The highest BCUT2D eigenvalue weighted by atomic mass is 16.1. The van der Waals surface area contributed by atoms with E-state index in [1.54, 1.807) is 0 Å². The van der Waals surface area contributed by atoms with E-state index in [1.807, 2.05) is 18.2 Å². The zero-order chi connectivity index (χ0) is 22.6. The number of carbonyl (C=O) groups excluding carboxylic acids is 1. The van der Waals surface area contributed by atoms with Gasteiger partial charge >= 0.3 is 0 Å². The number of nitrogens with one attached hydrogen (secondary N) is 1. The summed E-state index contributed by atoms with van der Waals surface area (Å²) < 4.78 is 2.18. The van der Waals surface area contributed by atoms with Crippen LogP contribution in [-0.2, 0) is 19.4 Å². The van der Waals surface area contributed by atoms with E-state index in [4.69, 9.17) is 4.98 Å². The average Bonchev–Trinajstić information content (AvgIpc) is 3.49. The topological polar surface area (TPSA) is 89.3 Å². The van der Waals surface area contributed by atoms with Gasteiger partial charge in [0.1, 0.15) is 11.5 Å². The first-order valence-electron chi connectivity index (χ1n) is 11.8. The lowest BCUT2D eigenvalue weighted by Crippen LogP contribution is -2.17. The molecule has 1 N–H and O–H groups in total. The number of Topliss-reactive ketones (excluding diaryl/α,β-unsaturated/α-hetero) is 1. The molecule has 2 heterocycles. The molecule has 0 spiro atoms. The number of unbranched alkanes of at least 4 members (excludes halogenated alkanes) is 2. The van der Waals surface area contributed by atoms with Crippen molar-refractivity contribution in [2.45, 2.75) is 58.4 Å². The first-order chi connectivity index (χ1) is 16.2. The van der Waals surface area contributed by atoms with Crippen LogP contribution in [0.5, 0.6) is 0 Å². The van der Waals surface area contributed by atoms with Crippen LogP contribution in [0.3, 0.4) is 0 Å². The number of hydrogen-bond donors (Lipinski definition) is 1. The van der Waals surface area contributed by atoms with E-state index >= 15 is 0 Å². The summed E-state index contributed by atoms with van der Waals surface area (Å²) in [5, 5.41) is 14.5. The number of tetrazole rings is 1. The maximum absolute atomic E-state index is 12.7. The van der Waals surface area contributed by atoms with Gasteiger partial charge in [0.2, 0.25) is 5.82 Å². The van der Waals surface area contributed by atoms with Crippen LogP contribution >= 0.6 is 0 Å². The van der Waals surface area contributed by atoms with Crippen LogP contribution in [0.1, 0.15) is 66.6 Å². The van der Waals surface area contributed by atoms with Crippen molar-refractivity contribution in [2.75, 3.05) is 0 Å². The number of fused-ring (bicyclic) bond motifs is 1. The second-order valence-corrected chi connectivity index (χ2v) is 8.62. The fraction of sp³-hybridized carbons (Fsp3) is 0.346. The lowest BCUT2D eigenvalue weighted by Gasteiger charge is -2.15. The first kappa shape index (κ1) is 21.2. The van der Waals surface area contributed by atoms with Crippen LogP contribution < -0.4 is 0 Å². The maximum atomic E-state index is 12.7. The van der Waals surface area contributed by atoms with Crippen molar-refractivity contribution in [3.63, 3.8) is 0 Å². The quantitative estimate of drug-likeness (QED) is 0.388. The predicted molar refractivity (Wildman–Crippen MR) is 127 cm³/mol. The lowest BCUT2D eigenvalue weighted by molar-refractivity contribution is 0.0963. The Kier molecular flexibility index (Phi) is 6.11. The van der Waals surface area contributed by atoms with Gasteiger partial charge in [0, 0.05) is 24.9 Å². The Morgan fingerprint density at radius 3 is 2.58 bits per heavy atom. The molecule has 0 amide bonds. The van der Waals surface area contributed by atoms with Gasteiger partial charge in [-0.3, -0.25) is 4.79 Å². The molecule has 7 nitrogen and oxygen atoms in total. The molecule has 0 atom stereocenters. The molecule has 0 radical (unpaired) electrons. The molecule has 0 saturated carbocycles. The summed E-state index contributed by atoms with van der Waals surface area (Å²) in [6.45, 7) is 2.88. The highest BCUT2D eigenvalue weighted by Gasteiger charge is 2.26. The molecule has 0 aliphatic heterocycles. The molecule has 0 unspecified atom stereocenters. The van der Waals surface area contributed by atoms with Crippen molar-refractivity contribution in [1.82, 2.24) is 30.2 Å². The van der Waals surface area contributed by atoms with Crippen molar-refractivity contribution in [1.29, 1.82) is 0 Å². The Labute approximate surface area is 193 Å². The minimum Gasteiger partial charge on any atom is -0.321 e. The van der Waals surface area contributed by atoms with Crippen LogP contribution in [0.2, 0.25) is 0 Å². The molecule has 1 aliphatic carbocycles. The van der Waals surface area contributed by atoms with Gasteiger partial charge in [0.25, 0.3) is 0 Å². The summed E-state index contributed by atoms with van der Waals surface area (Å²) in [5.74, 6) is 1.86. The van der Waals surface area contributed by atoms with Crippen LogP contribution in [0.15, 0.2) is 48.5 Å². The molecular formula is C26H28N6O. The molecule has 2 aromatic carbocycles. The van der Waals surface area contributed by atoms with Gasteiger partial charge in [0.05, 0.1) is 5.69 Å². The van der Waals surface area contributed by atoms with Crippen LogP contribution in [0.25, 0.3) is 22.5 Å². The minimum absolute atomic E-state index is 0.233. The lowest BCUT2D eigenvalue weighted by atomic mass is 9.98. The number of carbonyl (C=O) groups is 1. The first-order valence-corrected chi connectivity index (χ1v) is 11.8. The van der Waals surface area contributed by atoms with E-state index in [0.717, 1.165) is 65.1 Å². The highest BCUT2D eigenvalue weighted by Crippen LogP contribution is 2.30. The summed E-state index contributed by atoms with van der Waals surface area (Å²) in [7, 11) is 0. The number of aromatic amines is 1. The minimum atomic E-state index is 0.233. The zero-order valence-corrected chi connectivity index (χ0v) is 18.9. The summed E-state index contributed by atoms with van der Waals surface area (Å²) in [5.41, 5.74) is 6.06. The Bertz CT molecular complexity index is 1240. The number of aryl methyl sites for hydroxylation is 2. The normalized spacial score (nSPS) is 13.3. The molecule has 2 aromatic heterocycles. The van der Waals surface area contributed by atoms with Crippen molar-refractivity contribution >= 4 is 5.78 Å². The van der Waals surface area contributed by atoms with Gasteiger partial charge in [0.15, 0.2) is 5.78 Å². The van der Waals surface area contributed by atoms with Gasteiger partial charge in [-0.25, -0.2) is 4.98 Å². The smallest absolute Gasteiger partial charge is 0.205 e. The molecule has 33 heavy (non-hydrogen) atoms. The second kappa shape index (κ2) is 9.48. The zero-order valence-electron chi connectivity index (χ0n) is 18.9. The van der Waals surface area contributed by atoms with Crippen molar-refractivity contribution < 1.29 is 4.79 Å². The van der Waals surface area contributed by atoms with E-state index in [-0.39, 0.29) is 5.78 Å². The van der Waals surface area contributed by atoms with Crippen LogP contribution in [-0.4, -0.2) is 36.0 Å². The van der Waals surface area contributed by atoms with E-state index < -0.39 is 0 Å². The number of benzene rings is 2. The molecule has 0 fully saturated rings. The number of ketones is 1. The Morgan fingerprint density at radius 1 is 1.00 bits per heavy atom. The van der Waals surface area contributed by atoms with Gasteiger partial charge in [-0.05, 0) is 41.2 Å². The highest BCUT2D eigenvalue weighted by molar-refractivity contribution is 5.96. The van der Waals surface area contributed by atoms with E-state index in [1.165, 1.54) is 12.8 Å². The van der Waals surface area contributed by atoms with Gasteiger partial charge < -0.3 is 4.57 Å². The Morgan fingerprint density at radius 2 is 1.82 bits per heavy atom. The molecule has 7 heteroatoms. The van der Waals surface area contributed by atoms with Crippen molar-refractivity contribution in [3.05, 3.63) is 71.3 Å². The van der Waals surface area contributed by atoms with Crippen molar-refractivity contribution in [2.24, 2.45) is 0 Å². The number of aromatic nitrogens is 6. The Balaban J connectivity index is 1.44. The van der Waals surface area contributed by atoms with Gasteiger partial charge in [-0.15, -0.1) is 10.2 Å². The Hall–Kier alpha value is -3.61. The molecular weight excluding hydrogens is 412 g/mol. The number of hydrogen-bond acceptors (Lipinski definition) is 5. The third-order valence-electron chi connectivity index (χ3n) is 6.32. The predicted octanol–water partition coefficient (Wildman–Crippen LogP) is 5.03. The summed E-state index contributed by atoms with van der Waals surface area (Å²) in [4.78, 5) is 17.6. The van der Waals surface area contributed by atoms with Gasteiger partial charge in [-0.2, -0.15) is 5.21 Å². The van der Waals surface area contributed by atoms with E-state index in [0.29, 0.717) is 18.8 Å². The number of imidazole rings is 1.